The number of amides is 1. The maximum atomic E-state index is 12.4. The Morgan fingerprint density at radius 2 is 1.96 bits per heavy atom. The van der Waals surface area contributed by atoms with E-state index >= 15 is 0 Å². The third-order valence-corrected chi connectivity index (χ3v) is 4.49. The van der Waals surface area contributed by atoms with Crippen molar-refractivity contribution in [3.05, 3.63) is 53.7 Å². The molecule has 2 aromatic heterocycles. The largest absolute Gasteiger partial charge is 0.383 e. The first kappa shape index (κ1) is 21.0. The van der Waals surface area contributed by atoms with Gasteiger partial charge in [0.1, 0.15) is 0 Å². The van der Waals surface area contributed by atoms with Crippen molar-refractivity contribution in [3.63, 3.8) is 0 Å². The summed E-state index contributed by atoms with van der Waals surface area (Å²) in [5.41, 5.74) is 0.865. The van der Waals surface area contributed by atoms with Gasteiger partial charge in [-0.25, -0.2) is 9.67 Å². The highest BCUT2D eigenvalue weighted by Gasteiger charge is 2.18. The van der Waals surface area contributed by atoms with E-state index in [4.69, 9.17) is 4.74 Å². The van der Waals surface area contributed by atoms with Gasteiger partial charge >= 0.3 is 0 Å². The van der Waals surface area contributed by atoms with Crippen LogP contribution in [0.1, 0.15) is 10.6 Å². The number of hydrogen-bond donors (Lipinski definition) is 2. The number of carbonyl (C=O) groups excluding carboxylic acids is 1. The van der Waals surface area contributed by atoms with Crippen LogP contribution in [0.5, 0.6) is 0 Å². The number of aromatic nitrogens is 3. The topological polar surface area (TPSA) is 81.1 Å². The maximum Gasteiger partial charge on any atom is 0.291 e. The Morgan fingerprint density at radius 1 is 1.15 bits per heavy atom. The molecule has 0 saturated heterocycles. The van der Waals surface area contributed by atoms with E-state index in [1.807, 2.05) is 47.8 Å². The van der Waals surface area contributed by atoms with Gasteiger partial charge in [0.25, 0.3) is 5.91 Å². The molecule has 3 aromatic rings. The van der Waals surface area contributed by atoms with Crippen molar-refractivity contribution in [1.29, 1.82) is 0 Å². The van der Waals surface area contributed by atoms with Gasteiger partial charge in [-0.2, -0.15) is 0 Å². The first-order valence-corrected chi connectivity index (χ1v) is 9.22. The smallest absolute Gasteiger partial charge is 0.291 e. The molecule has 0 bridgehead atoms. The molecule has 0 atom stereocenters. The normalized spacial score (nSPS) is 10.4. The summed E-state index contributed by atoms with van der Waals surface area (Å²) in [7, 11) is 1.66. The predicted molar refractivity (Wildman–Crippen MR) is 109 cm³/mol. The number of ether oxygens (including phenoxy) is 1. The lowest BCUT2D eigenvalue weighted by molar-refractivity contribution is 0.0943. The van der Waals surface area contributed by atoms with Crippen LogP contribution in [-0.4, -0.2) is 54.0 Å². The Bertz CT molecular complexity index is 824. The predicted octanol–water partition coefficient (Wildman–Crippen LogP) is 2.38. The Morgan fingerprint density at radius 3 is 2.67 bits per heavy atom. The minimum atomic E-state index is -0.286. The molecular weight excluding hydrogens is 386 g/mol. The average Bonchev–Trinajstić information content (AvgIpc) is 3.34. The molecule has 7 nitrogen and oxygen atoms in total. The summed E-state index contributed by atoms with van der Waals surface area (Å²) >= 11 is 1.56. The third kappa shape index (κ3) is 5.61. The summed E-state index contributed by atoms with van der Waals surface area (Å²) < 4.78 is 6.67. The average molecular weight is 408 g/mol. The molecule has 0 aliphatic carbocycles. The van der Waals surface area contributed by atoms with Crippen LogP contribution < -0.4 is 10.6 Å². The Kier molecular flexibility index (Phi) is 8.41. The number of nitrogens with one attached hydrogen (secondary N) is 2. The Hall–Kier alpha value is -2.26. The molecule has 2 heterocycles. The lowest BCUT2D eigenvalue weighted by Gasteiger charge is -2.04. The SMILES string of the molecule is COCCNCCNC(=O)c1nc(-c2cccs2)n(-c2ccccc2)n1.Cl. The van der Waals surface area contributed by atoms with Crippen molar-refractivity contribution in [2.24, 2.45) is 0 Å². The second kappa shape index (κ2) is 10.8. The maximum absolute atomic E-state index is 12.4. The number of rotatable bonds is 9. The molecule has 0 spiro atoms. The number of thiophene rings is 1. The minimum absolute atomic E-state index is 0. The van der Waals surface area contributed by atoms with Crippen LogP contribution in [-0.2, 0) is 4.74 Å². The van der Waals surface area contributed by atoms with Gasteiger partial charge in [0, 0.05) is 26.7 Å². The van der Waals surface area contributed by atoms with E-state index in [2.05, 4.69) is 20.7 Å². The van der Waals surface area contributed by atoms with Crippen molar-refractivity contribution < 1.29 is 9.53 Å². The first-order valence-electron chi connectivity index (χ1n) is 8.34. The number of carbonyl (C=O) groups is 1. The molecule has 0 aliphatic heterocycles. The van der Waals surface area contributed by atoms with E-state index < -0.39 is 0 Å². The molecule has 0 radical (unpaired) electrons. The summed E-state index contributed by atoms with van der Waals surface area (Å²) in [5.74, 6) is 0.537. The molecule has 2 N–H and O–H groups in total. The molecule has 3 rings (SSSR count). The van der Waals surface area contributed by atoms with Gasteiger partial charge in [-0.05, 0) is 23.6 Å². The summed E-state index contributed by atoms with van der Waals surface area (Å²) in [6.07, 6.45) is 0. The van der Waals surface area contributed by atoms with E-state index in [0.29, 0.717) is 25.5 Å². The van der Waals surface area contributed by atoms with Crippen LogP contribution in [0.2, 0.25) is 0 Å². The standard InChI is InChI=1S/C18H21N5O2S.ClH/c1-25-12-11-19-9-10-20-18(24)16-21-17(15-8-5-13-26-15)23(22-16)14-6-3-2-4-7-14;/h2-8,13,19H,9-12H2,1H3,(H,20,24);1H. The lowest BCUT2D eigenvalue weighted by atomic mass is 10.3. The van der Waals surface area contributed by atoms with E-state index in [1.54, 1.807) is 23.1 Å². The second-order valence-corrected chi connectivity index (χ2v) is 6.43. The van der Waals surface area contributed by atoms with E-state index in [-0.39, 0.29) is 24.1 Å². The molecule has 0 aliphatic rings. The summed E-state index contributed by atoms with van der Waals surface area (Å²) in [6, 6.07) is 13.6. The second-order valence-electron chi connectivity index (χ2n) is 5.48. The van der Waals surface area contributed by atoms with Gasteiger partial charge in [-0.3, -0.25) is 4.79 Å². The summed E-state index contributed by atoms with van der Waals surface area (Å²) in [6.45, 7) is 2.54. The van der Waals surface area contributed by atoms with Gasteiger partial charge in [-0.15, -0.1) is 28.8 Å². The number of para-hydroxylation sites is 1. The number of nitrogens with zero attached hydrogens (tertiary/aromatic N) is 3. The van der Waals surface area contributed by atoms with Gasteiger partial charge in [0.05, 0.1) is 17.2 Å². The zero-order valence-electron chi connectivity index (χ0n) is 14.9. The van der Waals surface area contributed by atoms with Crippen LogP contribution >= 0.6 is 23.7 Å². The summed E-state index contributed by atoms with van der Waals surface area (Å²) in [5, 5.41) is 12.4. The fraction of sp³-hybridized carbons (Fsp3) is 0.278. The van der Waals surface area contributed by atoms with Gasteiger partial charge < -0.3 is 15.4 Å². The molecule has 0 fully saturated rings. The number of hydrogen-bond acceptors (Lipinski definition) is 6. The van der Waals surface area contributed by atoms with Crippen LogP contribution in [0, 0.1) is 0 Å². The van der Waals surface area contributed by atoms with Crippen molar-refractivity contribution in [1.82, 2.24) is 25.4 Å². The molecule has 9 heteroatoms. The van der Waals surface area contributed by atoms with Crippen molar-refractivity contribution in [2.75, 3.05) is 33.4 Å². The molecule has 1 amide bonds. The lowest BCUT2D eigenvalue weighted by Crippen LogP contribution is -2.33. The molecule has 0 saturated carbocycles. The van der Waals surface area contributed by atoms with Crippen molar-refractivity contribution in [3.8, 4) is 16.4 Å². The number of benzene rings is 1. The molecular formula is C18H22ClN5O2S. The van der Waals surface area contributed by atoms with E-state index in [9.17, 15) is 4.79 Å². The van der Waals surface area contributed by atoms with Gasteiger partial charge in [0.15, 0.2) is 5.82 Å². The number of halogens is 1. The molecule has 144 valence electrons. The highest BCUT2D eigenvalue weighted by atomic mass is 35.5. The van der Waals surface area contributed by atoms with Crippen molar-refractivity contribution >= 4 is 29.7 Å². The van der Waals surface area contributed by atoms with Crippen LogP contribution in [0.25, 0.3) is 16.4 Å². The Labute approximate surface area is 168 Å². The number of methoxy groups -OCH3 is 1. The zero-order chi connectivity index (χ0) is 18.2. The molecule has 0 unspecified atom stereocenters. The quantitative estimate of drug-likeness (QED) is 0.532. The third-order valence-electron chi connectivity index (χ3n) is 3.62. The zero-order valence-corrected chi connectivity index (χ0v) is 16.6. The Balaban J connectivity index is 0.00000261. The van der Waals surface area contributed by atoms with Crippen molar-refractivity contribution in [2.45, 2.75) is 0 Å². The monoisotopic (exact) mass is 407 g/mol. The van der Waals surface area contributed by atoms with E-state index in [0.717, 1.165) is 17.1 Å². The molecule has 1 aromatic carbocycles. The van der Waals surface area contributed by atoms with Crippen LogP contribution in [0.3, 0.4) is 0 Å². The van der Waals surface area contributed by atoms with Gasteiger partial charge in [-0.1, -0.05) is 24.3 Å². The molecule has 27 heavy (non-hydrogen) atoms. The van der Waals surface area contributed by atoms with Crippen LogP contribution in [0.4, 0.5) is 0 Å². The fourth-order valence-corrected chi connectivity index (χ4v) is 3.06. The van der Waals surface area contributed by atoms with Gasteiger partial charge in [0.2, 0.25) is 5.82 Å². The minimum Gasteiger partial charge on any atom is -0.383 e. The van der Waals surface area contributed by atoms with E-state index in [1.165, 1.54) is 0 Å². The highest BCUT2D eigenvalue weighted by Crippen LogP contribution is 2.25. The highest BCUT2D eigenvalue weighted by molar-refractivity contribution is 7.13. The summed E-state index contributed by atoms with van der Waals surface area (Å²) in [4.78, 5) is 17.8. The fourth-order valence-electron chi connectivity index (χ4n) is 2.37. The first-order chi connectivity index (χ1) is 12.8. The van der Waals surface area contributed by atoms with Crippen LogP contribution in [0.15, 0.2) is 47.8 Å².